The molecule has 0 radical (unpaired) electrons. The maximum atomic E-state index is 13.4. The lowest BCUT2D eigenvalue weighted by molar-refractivity contribution is 0.0533. The number of rotatable bonds is 4. The summed E-state index contributed by atoms with van der Waals surface area (Å²) < 4.78 is 36.9. The Balaban J connectivity index is 1.69. The van der Waals surface area contributed by atoms with Gasteiger partial charge < -0.3 is 19.3 Å². The Labute approximate surface area is 161 Å². The first-order valence-electron chi connectivity index (χ1n) is 8.70. The minimum absolute atomic E-state index is 0.0770. The standard InChI is InChI=1S/C20H20F2N2O4/c1-27-14-4-6-18(28-2)15(12-14)20(26)24-9-7-23(8-10-24)19(25)13-3-5-16(21)17(22)11-13/h3-6,11-12H,7-10H2,1-2H3. The molecule has 1 aliphatic heterocycles. The molecule has 6 nitrogen and oxygen atoms in total. The fraction of sp³-hybridized carbons (Fsp3) is 0.300. The monoisotopic (exact) mass is 390 g/mol. The van der Waals surface area contributed by atoms with Gasteiger partial charge in [0, 0.05) is 31.7 Å². The van der Waals surface area contributed by atoms with E-state index >= 15 is 0 Å². The van der Waals surface area contributed by atoms with Crippen molar-refractivity contribution in [1.29, 1.82) is 0 Å². The lowest BCUT2D eigenvalue weighted by Gasteiger charge is -2.35. The van der Waals surface area contributed by atoms with Gasteiger partial charge >= 0.3 is 0 Å². The Hall–Kier alpha value is -3.16. The van der Waals surface area contributed by atoms with Gasteiger partial charge in [-0.2, -0.15) is 0 Å². The number of halogens is 2. The number of carbonyl (C=O) groups excluding carboxylic acids is 2. The minimum Gasteiger partial charge on any atom is -0.497 e. The van der Waals surface area contributed by atoms with Gasteiger partial charge in [-0.3, -0.25) is 9.59 Å². The summed E-state index contributed by atoms with van der Waals surface area (Å²) in [5.41, 5.74) is 0.454. The number of carbonyl (C=O) groups is 2. The normalized spacial score (nSPS) is 14.0. The van der Waals surface area contributed by atoms with Crippen molar-refractivity contribution in [3.05, 3.63) is 59.2 Å². The second kappa shape index (κ2) is 8.24. The fourth-order valence-electron chi connectivity index (χ4n) is 3.08. The van der Waals surface area contributed by atoms with Crippen LogP contribution >= 0.6 is 0 Å². The molecular formula is C20H20F2N2O4. The number of piperazine rings is 1. The van der Waals surface area contributed by atoms with E-state index in [0.717, 1.165) is 12.1 Å². The average molecular weight is 390 g/mol. The van der Waals surface area contributed by atoms with Crippen LogP contribution in [-0.4, -0.2) is 62.0 Å². The molecule has 0 unspecified atom stereocenters. The molecule has 0 N–H and O–H groups in total. The molecule has 0 saturated carbocycles. The van der Waals surface area contributed by atoms with Gasteiger partial charge in [0.15, 0.2) is 11.6 Å². The molecule has 1 aliphatic rings. The van der Waals surface area contributed by atoms with Crippen LogP contribution in [0.2, 0.25) is 0 Å². The summed E-state index contributed by atoms with van der Waals surface area (Å²) in [4.78, 5) is 28.5. The van der Waals surface area contributed by atoms with E-state index in [1.807, 2.05) is 0 Å². The highest BCUT2D eigenvalue weighted by Crippen LogP contribution is 2.26. The van der Waals surface area contributed by atoms with E-state index in [4.69, 9.17) is 9.47 Å². The molecule has 0 bridgehead atoms. The van der Waals surface area contributed by atoms with Crippen molar-refractivity contribution in [2.24, 2.45) is 0 Å². The molecule has 1 saturated heterocycles. The Bertz CT molecular complexity index is 896. The van der Waals surface area contributed by atoms with E-state index in [9.17, 15) is 18.4 Å². The van der Waals surface area contributed by atoms with Crippen LogP contribution in [0.25, 0.3) is 0 Å². The fourth-order valence-corrected chi connectivity index (χ4v) is 3.08. The quantitative estimate of drug-likeness (QED) is 0.805. The highest BCUT2D eigenvalue weighted by molar-refractivity contribution is 5.98. The molecule has 0 aromatic heterocycles. The topological polar surface area (TPSA) is 59.1 Å². The largest absolute Gasteiger partial charge is 0.497 e. The Morgan fingerprint density at radius 1 is 0.821 bits per heavy atom. The summed E-state index contributed by atoms with van der Waals surface area (Å²) in [7, 11) is 3.00. The maximum Gasteiger partial charge on any atom is 0.257 e. The van der Waals surface area contributed by atoms with Crippen molar-refractivity contribution in [3.63, 3.8) is 0 Å². The third-order valence-corrected chi connectivity index (χ3v) is 4.66. The third-order valence-electron chi connectivity index (χ3n) is 4.66. The average Bonchev–Trinajstić information content (AvgIpc) is 2.74. The summed E-state index contributed by atoms with van der Waals surface area (Å²) in [6, 6.07) is 8.04. The van der Waals surface area contributed by atoms with Crippen LogP contribution in [0.3, 0.4) is 0 Å². The molecular weight excluding hydrogens is 370 g/mol. The van der Waals surface area contributed by atoms with E-state index in [-0.39, 0.29) is 24.6 Å². The second-order valence-corrected chi connectivity index (χ2v) is 6.28. The number of ether oxygens (including phenoxy) is 2. The van der Waals surface area contributed by atoms with Crippen LogP contribution in [0.4, 0.5) is 8.78 Å². The molecule has 0 aliphatic carbocycles. The van der Waals surface area contributed by atoms with E-state index in [0.29, 0.717) is 30.2 Å². The van der Waals surface area contributed by atoms with Crippen molar-refractivity contribution in [3.8, 4) is 11.5 Å². The molecule has 148 valence electrons. The van der Waals surface area contributed by atoms with Gasteiger partial charge in [-0.25, -0.2) is 8.78 Å². The first-order valence-corrected chi connectivity index (χ1v) is 8.70. The van der Waals surface area contributed by atoms with Crippen molar-refractivity contribution >= 4 is 11.8 Å². The molecule has 28 heavy (non-hydrogen) atoms. The van der Waals surface area contributed by atoms with Crippen LogP contribution in [0.5, 0.6) is 11.5 Å². The zero-order chi connectivity index (χ0) is 20.3. The molecule has 1 heterocycles. The smallest absolute Gasteiger partial charge is 0.257 e. The first kappa shape index (κ1) is 19.6. The zero-order valence-electron chi connectivity index (χ0n) is 15.6. The number of amides is 2. The number of methoxy groups -OCH3 is 2. The van der Waals surface area contributed by atoms with Crippen molar-refractivity contribution < 1.29 is 27.8 Å². The number of nitrogens with zero attached hydrogens (tertiary/aromatic N) is 2. The molecule has 2 amide bonds. The highest BCUT2D eigenvalue weighted by Gasteiger charge is 2.27. The summed E-state index contributed by atoms with van der Waals surface area (Å²) in [6.07, 6.45) is 0. The molecule has 0 atom stereocenters. The molecule has 3 rings (SSSR count). The van der Waals surface area contributed by atoms with E-state index < -0.39 is 17.5 Å². The van der Waals surface area contributed by atoms with Gasteiger partial charge in [0.25, 0.3) is 11.8 Å². The van der Waals surface area contributed by atoms with Crippen molar-refractivity contribution in [2.45, 2.75) is 0 Å². The lowest BCUT2D eigenvalue weighted by atomic mass is 10.1. The zero-order valence-corrected chi connectivity index (χ0v) is 15.6. The Kier molecular flexibility index (Phi) is 5.77. The second-order valence-electron chi connectivity index (χ2n) is 6.28. The predicted octanol–water partition coefficient (Wildman–Crippen LogP) is 2.58. The van der Waals surface area contributed by atoms with Gasteiger partial charge in [0.2, 0.25) is 0 Å². The predicted molar refractivity (Wildman–Crippen MR) is 97.7 cm³/mol. The van der Waals surface area contributed by atoms with Gasteiger partial charge in [0.05, 0.1) is 19.8 Å². The van der Waals surface area contributed by atoms with Crippen LogP contribution in [-0.2, 0) is 0 Å². The van der Waals surface area contributed by atoms with Gasteiger partial charge in [-0.05, 0) is 36.4 Å². The van der Waals surface area contributed by atoms with Crippen molar-refractivity contribution in [2.75, 3.05) is 40.4 Å². The van der Waals surface area contributed by atoms with Crippen LogP contribution in [0.15, 0.2) is 36.4 Å². The molecule has 2 aromatic rings. The van der Waals surface area contributed by atoms with Gasteiger partial charge in [0.1, 0.15) is 11.5 Å². The molecule has 2 aromatic carbocycles. The number of hydrogen-bond donors (Lipinski definition) is 0. The van der Waals surface area contributed by atoms with Crippen LogP contribution in [0, 0.1) is 11.6 Å². The van der Waals surface area contributed by atoms with E-state index in [2.05, 4.69) is 0 Å². The summed E-state index contributed by atoms with van der Waals surface area (Å²) in [5, 5.41) is 0. The lowest BCUT2D eigenvalue weighted by Crippen LogP contribution is -2.50. The van der Waals surface area contributed by atoms with Crippen molar-refractivity contribution in [1.82, 2.24) is 9.80 Å². The Morgan fingerprint density at radius 3 is 2.04 bits per heavy atom. The highest BCUT2D eigenvalue weighted by atomic mass is 19.2. The molecule has 1 fully saturated rings. The minimum atomic E-state index is -1.07. The van der Waals surface area contributed by atoms with Gasteiger partial charge in [-0.15, -0.1) is 0 Å². The molecule has 8 heteroatoms. The van der Waals surface area contributed by atoms with Crippen LogP contribution < -0.4 is 9.47 Å². The first-order chi connectivity index (χ1) is 13.4. The number of hydrogen-bond acceptors (Lipinski definition) is 4. The summed E-state index contributed by atoms with van der Waals surface area (Å²) in [5.74, 6) is -1.72. The van der Waals surface area contributed by atoms with E-state index in [1.54, 1.807) is 23.1 Å². The molecule has 0 spiro atoms. The number of benzene rings is 2. The summed E-state index contributed by atoms with van der Waals surface area (Å²) >= 11 is 0. The Morgan fingerprint density at radius 2 is 1.46 bits per heavy atom. The summed E-state index contributed by atoms with van der Waals surface area (Å²) in [6.45, 7) is 1.20. The third kappa shape index (κ3) is 3.90. The van der Waals surface area contributed by atoms with Crippen LogP contribution in [0.1, 0.15) is 20.7 Å². The van der Waals surface area contributed by atoms with Gasteiger partial charge in [-0.1, -0.05) is 0 Å². The SMILES string of the molecule is COc1ccc(OC)c(C(=O)N2CCN(C(=O)c3ccc(F)c(F)c3)CC2)c1. The maximum absolute atomic E-state index is 13.4. The van der Waals surface area contributed by atoms with E-state index in [1.165, 1.54) is 25.2 Å².